The number of rotatable bonds is 81. The van der Waals surface area contributed by atoms with E-state index in [2.05, 4.69) is 34.6 Å². The Balaban J connectivity index is 5.20. The lowest BCUT2D eigenvalue weighted by atomic mass is 10.0. The number of hydrogen-bond acceptors (Lipinski definition) is 15. The van der Waals surface area contributed by atoms with Gasteiger partial charge in [-0.2, -0.15) is 0 Å². The summed E-state index contributed by atoms with van der Waals surface area (Å²) in [6.45, 7) is 7.28. The molecule has 0 aromatic heterocycles. The maximum absolute atomic E-state index is 13.1. The molecule has 0 radical (unpaired) electrons. The van der Waals surface area contributed by atoms with Crippen LogP contribution in [0.4, 0.5) is 0 Å². The molecule has 19 heteroatoms. The molecular weight excluding hydrogens is 1310 g/mol. The first-order valence-corrected chi connectivity index (χ1v) is 45.1. The molecule has 0 fully saturated rings. The maximum atomic E-state index is 13.1. The highest BCUT2D eigenvalue weighted by Crippen LogP contribution is 2.45. The predicted molar refractivity (Wildman–Crippen MR) is 409 cm³/mol. The van der Waals surface area contributed by atoms with Crippen LogP contribution in [-0.2, 0) is 65.4 Å². The minimum atomic E-state index is -4.96. The molecule has 5 atom stereocenters. The van der Waals surface area contributed by atoms with Gasteiger partial charge in [0.25, 0.3) is 0 Å². The van der Waals surface area contributed by atoms with Gasteiger partial charge in [0, 0.05) is 25.7 Å². The highest BCUT2D eigenvalue weighted by atomic mass is 31.2. The molecule has 17 nitrogen and oxygen atoms in total. The summed E-state index contributed by atoms with van der Waals surface area (Å²) < 4.78 is 68.7. The summed E-state index contributed by atoms with van der Waals surface area (Å²) >= 11 is 0. The summed E-state index contributed by atoms with van der Waals surface area (Å²) in [6.07, 6.45) is 65.4. The Bertz CT molecular complexity index is 1910. The molecule has 0 rings (SSSR count). The monoisotopic (exact) mass is 1470 g/mol. The zero-order valence-electron chi connectivity index (χ0n) is 65.3. The molecule has 0 aromatic carbocycles. The molecule has 0 aromatic rings. The molecule has 0 amide bonds. The summed E-state index contributed by atoms with van der Waals surface area (Å²) in [5.41, 5.74) is 0. The third-order valence-corrected chi connectivity index (χ3v) is 20.9. The Kier molecular flexibility index (Phi) is 72.5. The molecule has 100 heavy (non-hydrogen) atoms. The van der Waals surface area contributed by atoms with Crippen LogP contribution in [0.25, 0.3) is 0 Å². The van der Waals surface area contributed by atoms with E-state index in [1.165, 1.54) is 257 Å². The van der Waals surface area contributed by atoms with Gasteiger partial charge < -0.3 is 33.8 Å². The molecule has 0 spiro atoms. The molecule has 0 bridgehead atoms. The smallest absolute Gasteiger partial charge is 0.462 e. The van der Waals surface area contributed by atoms with E-state index in [4.69, 9.17) is 37.0 Å². The van der Waals surface area contributed by atoms with Crippen molar-refractivity contribution in [2.75, 3.05) is 39.6 Å². The summed E-state index contributed by atoms with van der Waals surface area (Å²) in [7, 11) is -9.92. The van der Waals surface area contributed by atoms with Gasteiger partial charge in [0.1, 0.15) is 19.3 Å². The van der Waals surface area contributed by atoms with Gasteiger partial charge >= 0.3 is 39.5 Å². The second kappa shape index (κ2) is 73.9. The van der Waals surface area contributed by atoms with Crippen molar-refractivity contribution in [2.45, 2.75) is 451 Å². The molecule has 0 aliphatic heterocycles. The van der Waals surface area contributed by atoms with Gasteiger partial charge in [0.2, 0.25) is 0 Å². The van der Waals surface area contributed by atoms with Gasteiger partial charge in [-0.05, 0) is 31.6 Å². The van der Waals surface area contributed by atoms with Crippen molar-refractivity contribution in [1.29, 1.82) is 0 Å². The van der Waals surface area contributed by atoms with E-state index in [0.717, 1.165) is 95.8 Å². The number of aliphatic hydroxyl groups is 1. The van der Waals surface area contributed by atoms with E-state index in [9.17, 15) is 43.2 Å². The lowest BCUT2D eigenvalue weighted by Gasteiger charge is -2.21. The van der Waals surface area contributed by atoms with Gasteiger partial charge in [-0.1, -0.05) is 381 Å². The number of carbonyl (C=O) groups excluding carboxylic acids is 4. The third-order valence-electron chi connectivity index (χ3n) is 19.0. The molecule has 0 aliphatic carbocycles. The predicted octanol–water partition coefficient (Wildman–Crippen LogP) is 24.4. The second-order valence-electron chi connectivity index (χ2n) is 29.6. The van der Waals surface area contributed by atoms with Crippen LogP contribution in [0.5, 0.6) is 0 Å². The number of ether oxygens (including phenoxy) is 4. The average molecular weight is 1470 g/mol. The van der Waals surface area contributed by atoms with Crippen molar-refractivity contribution >= 4 is 39.5 Å². The second-order valence-corrected chi connectivity index (χ2v) is 32.5. The fourth-order valence-electron chi connectivity index (χ4n) is 12.6. The number of esters is 4. The van der Waals surface area contributed by atoms with Crippen molar-refractivity contribution in [2.24, 2.45) is 5.92 Å². The lowest BCUT2D eigenvalue weighted by Crippen LogP contribution is -2.30. The van der Waals surface area contributed by atoms with Gasteiger partial charge in [0.05, 0.1) is 26.4 Å². The highest BCUT2D eigenvalue weighted by Gasteiger charge is 2.30. The summed E-state index contributed by atoms with van der Waals surface area (Å²) in [5.74, 6) is -1.39. The van der Waals surface area contributed by atoms with Crippen molar-refractivity contribution in [3.05, 3.63) is 0 Å². The minimum Gasteiger partial charge on any atom is -0.462 e. The van der Waals surface area contributed by atoms with E-state index < -0.39 is 97.5 Å². The topological polar surface area (TPSA) is 237 Å². The van der Waals surface area contributed by atoms with Crippen LogP contribution in [0, 0.1) is 5.92 Å². The lowest BCUT2D eigenvalue weighted by molar-refractivity contribution is -0.161. The number of phosphoric acid groups is 2. The van der Waals surface area contributed by atoms with Crippen LogP contribution in [0.2, 0.25) is 0 Å². The van der Waals surface area contributed by atoms with E-state index in [0.29, 0.717) is 25.7 Å². The SMILES string of the molecule is CCCCCCCCCCCCCCCCCCCCCCCCC(=O)O[C@H](COC(=O)CCCCCCCCCCCCCCCCCC)COP(=O)(O)OC[C@@H](O)COP(=O)(O)OC[C@@H](COC(=O)CCCCCCCCCCCCC)OC(=O)CCCCCCCCCCC(C)C. The Morgan fingerprint density at radius 1 is 0.270 bits per heavy atom. The fourth-order valence-corrected chi connectivity index (χ4v) is 14.2. The highest BCUT2D eigenvalue weighted by molar-refractivity contribution is 7.47. The van der Waals surface area contributed by atoms with Crippen molar-refractivity contribution < 1.29 is 80.2 Å². The number of unbranched alkanes of at least 4 members (excludes halogenated alkanes) is 53. The zero-order chi connectivity index (χ0) is 73.4. The standard InChI is InChI=1S/C81H158O17P2/c1-6-9-12-15-18-21-24-26-28-30-31-32-33-34-35-37-39-42-45-51-56-61-66-80(85)97-76(70-92-79(84)65-60-55-50-44-41-38-36-29-27-25-22-19-16-13-10-7-2)72-95-99(87,88)93-68-75(82)69-94-100(89,90)96-73-77(98-81(86)67-62-57-52-47-46-48-53-58-63-74(4)5)71-91-78(83)64-59-54-49-43-40-23-20-17-14-11-8-3/h74-77,82H,6-73H2,1-5H3,(H,87,88)(H,89,90)/t75-,76-,77-/m1/s1. The largest absolute Gasteiger partial charge is 0.472 e. The maximum Gasteiger partial charge on any atom is 0.472 e. The van der Waals surface area contributed by atoms with Crippen LogP contribution in [0.15, 0.2) is 0 Å². The Morgan fingerprint density at radius 3 is 0.680 bits per heavy atom. The molecule has 594 valence electrons. The number of carbonyl (C=O) groups is 4. The van der Waals surface area contributed by atoms with Crippen LogP contribution < -0.4 is 0 Å². The molecule has 0 aliphatic rings. The Labute approximate surface area is 613 Å². The minimum absolute atomic E-state index is 0.105. The normalized spacial score (nSPS) is 13.8. The van der Waals surface area contributed by atoms with Crippen LogP contribution in [0.3, 0.4) is 0 Å². The third kappa shape index (κ3) is 74.3. The van der Waals surface area contributed by atoms with Gasteiger partial charge in [0.15, 0.2) is 12.2 Å². The fraction of sp³-hybridized carbons (Fsp3) is 0.951. The zero-order valence-corrected chi connectivity index (χ0v) is 67.1. The van der Waals surface area contributed by atoms with E-state index in [1.54, 1.807) is 0 Å². The number of aliphatic hydroxyl groups excluding tert-OH is 1. The van der Waals surface area contributed by atoms with Crippen molar-refractivity contribution in [3.63, 3.8) is 0 Å². The average Bonchev–Trinajstić information content (AvgIpc) is 0.937. The first-order chi connectivity index (χ1) is 48.5. The summed E-state index contributed by atoms with van der Waals surface area (Å²) in [5, 5.41) is 10.6. The molecule has 3 N–H and O–H groups in total. The van der Waals surface area contributed by atoms with Gasteiger partial charge in [-0.25, -0.2) is 9.13 Å². The van der Waals surface area contributed by atoms with E-state index in [1.807, 2.05) is 0 Å². The summed E-state index contributed by atoms with van der Waals surface area (Å²) in [6, 6.07) is 0. The quantitative estimate of drug-likeness (QED) is 0.0222. The van der Waals surface area contributed by atoms with Crippen molar-refractivity contribution in [1.82, 2.24) is 0 Å². The number of hydrogen-bond donors (Lipinski definition) is 3. The Hall–Kier alpha value is -1.94. The molecule has 0 saturated carbocycles. The molecule has 0 heterocycles. The van der Waals surface area contributed by atoms with E-state index in [-0.39, 0.29) is 25.7 Å². The molecule has 0 saturated heterocycles. The van der Waals surface area contributed by atoms with Crippen LogP contribution in [-0.4, -0.2) is 96.7 Å². The van der Waals surface area contributed by atoms with E-state index >= 15 is 0 Å². The van der Waals surface area contributed by atoms with Gasteiger partial charge in [-0.15, -0.1) is 0 Å². The summed E-state index contributed by atoms with van der Waals surface area (Å²) in [4.78, 5) is 73.0. The molecular formula is C81H158O17P2. The Morgan fingerprint density at radius 2 is 0.460 bits per heavy atom. The molecule has 2 unspecified atom stereocenters. The van der Waals surface area contributed by atoms with Crippen molar-refractivity contribution in [3.8, 4) is 0 Å². The first-order valence-electron chi connectivity index (χ1n) is 42.1. The first kappa shape index (κ1) is 98.1. The van der Waals surface area contributed by atoms with Gasteiger partial charge in [-0.3, -0.25) is 37.3 Å². The number of phosphoric ester groups is 2. The van der Waals surface area contributed by atoms with Crippen LogP contribution in [0.1, 0.15) is 433 Å². The van der Waals surface area contributed by atoms with Crippen LogP contribution >= 0.6 is 15.6 Å².